The summed E-state index contributed by atoms with van der Waals surface area (Å²) < 4.78 is 40.3. The summed E-state index contributed by atoms with van der Waals surface area (Å²) in [5.41, 5.74) is 6.51. The number of alkyl halides is 3. The topological polar surface area (TPSA) is 117 Å². The minimum Gasteiger partial charge on any atom is -0.373 e. The van der Waals surface area contributed by atoms with Crippen LogP contribution in [0, 0.1) is 12.8 Å². The quantitative estimate of drug-likeness (QED) is 0.383. The van der Waals surface area contributed by atoms with Crippen molar-refractivity contribution in [3.05, 3.63) is 52.7 Å². The molecule has 4 N–H and O–H groups in total. The molecule has 3 fully saturated rings. The van der Waals surface area contributed by atoms with E-state index in [-0.39, 0.29) is 53.1 Å². The molecule has 1 saturated carbocycles. The minimum atomic E-state index is -4.54. The zero-order chi connectivity index (χ0) is 28.8. The van der Waals surface area contributed by atoms with Crippen LogP contribution in [0.4, 0.5) is 24.7 Å². The van der Waals surface area contributed by atoms with E-state index in [4.69, 9.17) is 5.73 Å². The number of carbonyl (C=O) groups is 3. The zero-order valence-electron chi connectivity index (χ0n) is 22.6. The Balaban J connectivity index is 1.29. The van der Waals surface area contributed by atoms with Crippen LogP contribution in [-0.4, -0.2) is 52.9 Å². The largest absolute Gasteiger partial charge is 0.408 e. The Morgan fingerprint density at radius 3 is 2.27 bits per heavy atom. The number of Topliss-reactive ketones (excluding diaryl/α,β-unsaturated/α-hetero) is 1. The summed E-state index contributed by atoms with van der Waals surface area (Å²) in [6.45, 7) is 3.01. The number of aryl methyl sites for hydroxylation is 1. The van der Waals surface area contributed by atoms with Gasteiger partial charge in [-0.3, -0.25) is 14.4 Å². The lowest BCUT2D eigenvalue weighted by atomic mass is 9.95. The van der Waals surface area contributed by atoms with Crippen LogP contribution in [0.5, 0.6) is 0 Å². The Morgan fingerprint density at radius 1 is 1.07 bits per heavy atom. The summed E-state index contributed by atoms with van der Waals surface area (Å²) in [6.07, 6.45) is 2.07. The van der Waals surface area contributed by atoms with E-state index in [2.05, 4.69) is 20.5 Å². The monoisotopic (exact) mass is 557 g/mol. The normalized spacial score (nSPS) is 23.0. The second kappa shape index (κ2) is 10.7. The first-order chi connectivity index (χ1) is 19.0. The van der Waals surface area contributed by atoms with Crippen LogP contribution in [0.3, 0.4) is 0 Å². The van der Waals surface area contributed by atoms with Gasteiger partial charge in [0.1, 0.15) is 11.9 Å². The molecule has 8 nitrogen and oxygen atoms in total. The molecule has 2 bridgehead atoms. The maximum absolute atomic E-state index is 13.4. The number of nitrogens with two attached hydrogens (primary N) is 1. The average Bonchev–Trinajstić information content (AvgIpc) is 3.71. The summed E-state index contributed by atoms with van der Waals surface area (Å²) in [6, 6.07) is 4.74. The Labute approximate surface area is 230 Å². The maximum Gasteiger partial charge on any atom is 0.408 e. The molecule has 40 heavy (non-hydrogen) atoms. The molecule has 1 aromatic carbocycles. The molecule has 0 spiro atoms. The molecule has 2 saturated heterocycles. The smallest absolute Gasteiger partial charge is 0.373 e. The second-order valence-corrected chi connectivity index (χ2v) is 11.2. The molecule has 1 aromatic heterocycles. The van der Waals surface area contributed by atoms with Crippen molar-refractivity contribution in [1.82, 2.24) is 10.3 Å². The van der Waals surface area contributed by atoms with Crippen LogP contribution in [0.1, 0.15) is 88.5 Å². The molecule has 214 valence electrons. The second-order valence-electron chi connectivity index (χ2n) is 11.2. The van der Waals surface area contributed by atoms with Crippen molar-refractivity contribution >= 4 is 29.1 Å². The number of nitrogens with one attached hydrogen (secondary N) is 2. The first-order valence-electron chi connectivity index (χ1n) is 13.8. The van der Waals surface area contributed by atoms with E-state index >= 15 is 0 Å². The zero-order valence-corrected chi connectivity index (χ0v) is 22.6. The third kappa shape index (κ3) is 5.64. The van der Waals surface area contributed by atoms with E-state index in [0.29, 0.717) is 24.0 Å². The average molecular weight is 558 g/mol. The maximum atomic E-state index is 13.4. The first-order valence-corrected chi connectivity index (χ1v) is 13.8. The van der Waals surface area contributed by atoms with Crippen molar-refractivity contribution in [3.8, 4) is 0 Å². The van der Waals surface area contributed by atoms with E-state index in [1.165, 1.54) is 19.1 Å². The summed E-state index contributed by atoms with van der Waals surface area (Å²) in [5, 5.41) is 5.44. The van der Waals surface area contributed by atoms with Gasteiger partial charge in [0.15, 0.2) is 5.78 Å². The number of primary amides is 1. The van der Waals surface area contributed by atoms with Gasteiger partial charge < -0.3 is 21.3 Å². The number of nitrogens with zero attached hydrogens (tertiary/aromatic N) is 2. The Hall–Kier alpha value is -3.63. The lowest BCUT2D eigenvalue weighted by Gasteiger charge is -2.40. The lowest BCUT2D eigenvalue weighted by Crippen LogP contribution is -2.50. The van der Waals surface area contributed by atoms with Crippen molar-refractivity contribution in [1.29, 1.82) is 0 Å². The number of pyridine rings is 1. The molecule has 2 aromatic rings. The first kappa shape index (κ1) is 27.9. The van der Waals surface area contributed by atoms with E-state index < -0.39 is 24.0 Å². The minimum absolute atomic E-state index is 0.0968. The fourth-order valence-corrected chi connectivity index (χ4v) is 6.08. The Kier molecular flexibility index (Phi) is 7.50. The van der Waals surface area contributed by atoms with Gasteiger partial charge in [0, 0.05) is 47.1 Å². The van der Waals surface area contributed by atoms with E-state index in [0.717, 1.165) is 31.5 Å². The Morgan fingerprint density at radius 2 is 1.75 bits per heavy atom. The molecule has 2 aliphatic heterocycles. The van der Waals surface area contributed by atoms with Gasteiger partial charge in [-0.2, -0.15) is 13.2 Å². The molecule has 1 aliphatic carbocycles. The molecule has 11 heteroatoms. The van der Waals surface area contributed by atoms with E-state index in [1.54, 1.807) is 13.1 Å². The van der Waals surface area contributed by atoms with Crippen LogP contribution in [0.25, 0.3) is 0 Å². The highest BCUT2D eigenvalue weighted by atomic mass is 19.4. The molecular weight excluding hydrogens is 523 g/mol. The van der Waals surface area contributed by atoms with Gasteiger partial charge in [0.2, 0.25) is 0 Å². The molecule has 0 radical (unpaired) electrons. The summed E-state index contributed by atoms with van der Waals surface area (Å²) in [5.74, 6) is -0.158. The van der Waals surface area contributed by atoms with Gasteiger partial charge in [-0.15, -0.1) is 0 Å². The highest BCUT2D eigenvalue weighted by molar-refractivity contribution is 6.03. The molecule has 3 aliphatic rings. The van der Waals surface area contributed by atoms with Gasteiger partial charge >= 0.3 is 6.18 Å². The molecule has 4 atom stereocenters. The molecule has 2 amide bonds. The predicted octanol–water partition coefficient (Wildman–Crippen LogP) is 4.76. The number of rotatable bonds is 9. The number of hydrogen-bond donors (Lipinski definition) is 3. The summed E-state index contributed by atoms with van der Waals surface area (Å²) in [4.78, 5) is 44.5. The van der Waals surface area contributed by atoms with Crippen molar-refractivity contribution in [2.24, 2.45) is 11.7 Å². The third-order valence-corrected chi connectivity index (χ3v) is 8.32. The number of piperidine rings is 1. The molecule has 3 heterocycles. The standard InChI is InChI=1S/C29H34F3N5O3/c1-3-24(29(30,31)32)36-23-13-21(15(2)10-22(23)27(33)39)28(40)35-18-11-19-7-8-20(12-18)37(19)25-9-6-17(14-34-25)26(38)16-4-5-16/h6,9-10,13-14,16,18-20,24,36H,3-5,7-8,11-12H2,1-2H3,(H2,33,39)(H,35,40)/t18-,19+,20-,24?. The number of fused-ring (bicyclic) bond motifs is 2. The number of carbonyl (C=O) groups excluding carboxylic acids is 3. The highest BCUT2D eigenvalue weighted by Crippen LogP contribution is 2.39. The van der Waals surface area contributed by atoms with Crippen molar-refractivity contribution in [2.75, 3.05) is 10.2 Å². The van der Waals surface area contributed by atoms with Gasteiger partial charge in [-0.05, 0) is 81.7 Å². The van der Waals surface area contributed by atoms with Crippen LogP contribution in [-0.2, 0) is 0 Å². The highest BCUT2D eigenvalue weighted by Gasteiger charge is 2.42. The summed E-state index contributed by atoms with van der Waals surface area (Å²) in [7, 11) is 0. The number of ketones is 1. The molecule has 1 unspecified atom stereocenters. The number of halogens is 3. The van der Waals surface area contributed by atoms with E-state index in [9.17, 15) is 27.6 Å². The third-order valence-electron chi connectivity index (χ3n) is 8.32. The van der Waals surface area contributed by atoms with Crippen LogP contribution in [0.2, 0.25) is 0 Å². The van der Waals surface area contributed by atoms with Crippen LogP contribution in [0.15, 0.2) is 30.5 Å². The van der Waals surface area contributed by atoms with Crippen molar-refractivity contribution in [2.45, 2.75) is 89.1 Å². The van der Waals surface area contributed by atoms with Gasteiger partial charge in [-0.25, -0.2) is 4.98 Å². The Bertz CT molecular complexity index is 1300. The van der Waals surface area contributed by atoms with Crippen molar-refractivity contribution in [3.63, 3.8) is 0 Å². The number of benzene rings is 1. The van der Waals surface area contributed by atoms with Crippen molar-refractivity contribution < 1.29 is 27.6 Å². The number of hydrogen-bond acceptors (Lipinski definition) is 6. The summed E-state index contributed by atoms with van der Waals surface area (Å²) >= 11 is 0. The number of anilines is 2. The van der Waals surface area contributed by atoms with Crippen LogP contribution < -0.4 is 21.3 Å². The van der Waals surface area contributed by atoms with E-state index in [1.807, 2.05) is 12.1 Å². The fourth-order valence-electron chi connectivity index (χ4n) is 6.08. The predicted molar refractivity (Wildman–Crippen MR) is 145 cm³/mol. The fraction of sp³-hybridized carbons (Fsp3) is 0.517. The number of aromatic nitrogens is 1. The van der Waals surface area contributed by atoms with Gasteiger partial charge in [0.25, 0.3) is 11.8 Å². The molecular formula is C29H34F3N5O3. The lowest BCUT2D eigenvalue weighted by molar-refractivity contribution is -0.142. The SMILES string of the molecule is CCC(Nc1cc(C(=O)N[C@H]2C[C@H]3CC[C@@H](C2)N3c2ccc(C(=O)C3CC3)cn2)c(C)cc1C(N)=O)C(F)(F)F. The molecule has 5 rings (SSSR count). The number of amides is 2. The van der Waals surface area contributed by atoms with Crippen LogP contribution >= 0.6 is 0 Å². The van der Waals surface area contributed by atoms with Gasteiger partial charge in [-0.1, -0.05) is 6.92 Å². The van der Waals surface area contributed by atoms with Gasteiger partial charge in [0.05, 0.1) is 5.56 Å².